The van der Waals surface area contributed by atoms with E-state index in [1.54, 1.807) is 0 Å². The summed E-state index contributed by atoms with van der Waals surface area (Å²) in [6, 6.07) is 16.4. The van der Waals surface area contributed by atoms with Gasteiger partial charge in [-0.15, -0.1) is 0 Å². The molecule has 28 heavy (non-hydrogen) atoms. The predicted molar refractivity (Wildman–Crippen MR) is 111 cm³/mol. The van der Waals surface area contributed by atoms with Gasteiger partial charge in [0, 0.05) is 30.6 Å². The summed E-state index contributed by atoms with van der Waals surface area (Å²) < 4.78 is 0. The SMILES string of the molecule is Cc1ccc(CNC(=O)C2CCC(C(=O)N3CCc4ccccc43)CC2)cc1. The zero-order valence-corrected chi connectivity index (χ0v) is 16.5. The molecule has 2 amide bonds. The Kier molecular flexibility index (Phi) is 5.47. The van der Waals surface area contributed by atoms with Crippen molar-refractivity contribution in [2.75, 3.05) is 11.4 Å². The third-order valence-corrected chi connectivity index (χ3v) is 6.19. The molecule has 0 bridgehead atoms. The van der Waals surface area contributed by atoms with Crippen LogP contribution in [0, 0.1) is 18.8 Å². The van der Waals surface area contributed by atoms with Crippen molar-refractivity contribution in [1.82, 2.24) is 5.32 Å². The molecule has 0 saturated heterocycles. The van der Waals surface area contributed by atoms with Crippen molar-refractivity contribution in [2.24, 2.45) is 11.8 Å². The molecule has 0 spiro atoms. The molecule has 1 fully saturated rings. The number of carbonyl (C=O) groups is 2. The Morgan fingerprint density at radius 3 is 2.39 bits per heavy atom. The highest BCUT2D eigenvalue weighted by atomic mass is 16.2. The number of rotatable bonds is 4. The number of carbonyl (C=O) groups excluding carboxylic acids is 2. The molecule has 4 rings (SSSR count). The number of benzene rings is 2. The number of hydrogen-bond donors (Lipinski definition) is 1. The lowest BCUT2D eigenvalue weighted by molar-refractivity contribution is -0.129. The quantitative estimate of drug-likeness (QED) is 0.877. The van der Waals surface area contributed by atoms with Crippen molar-refractivity contribution in [1.29, 1.82) is 0 Å². The standard InChI is InChI=1S/C24H28N2O2/c1-17-6-8-18(9-7-17)16-25-23(27)20-10-12-21(13-11-20)24(28)26-15-14-19-4-2-3-5-22(19)26/h2-9,20-21H,10-16H2,1H3,(H,25,27). The first kappa shape index (κ1) is 18.7. The van der Waals surface area contributed by atoms with Crippen LogP contribution in [0.15, 0.2) is 48.5 Å². The fourth-order valence-corrected chi connectivity index (χ4v) is 4.43. The lowest BCUT2D eigenvalue weighted by atomic mass is 9.81. The summed E-state index contributed by atoms with van der Waals surface area (Å²) in [4.78, 5) is 27.5. The van der Waals surface area contributed by atoms with E-state index in [0.29, 0.717) is 6.54 Å². The summed E-state index contributed by atoms with van der Waals surface area (Å²) in [7, 11) is 0. The normalized spacial score (nSPS) is 21.2. The second kappa shape index (κ2) is 8.17. The molecule has 0 aromatic heterocycles. The summed E-state index contributed by atoms with van der Waals surface area (Å²) in [5.74, 6) is 0.439. The van der Waals surface area contributed by atoms with Gasteiger partial charge >= 0.3 is 0 Å². The number of nitrogens with one attached hydrogen (secondary N) is 1. The Bertz CT molecular complexity index is 851. The summed E-state index contributed by atoms with van der Waals surface area (Å²) in [5.41, 5.74) is 4.68. The molecule has 146 valence electrons. The molecule has 2 aliphatic rings. The van der Waals surface area contributed by atoms with E-state index < -0.39 is 0 Å². The van der Waals surface area contributed by atoms with Crippen LogP contribution >= 0.6 is 0 Å². The molecule has 1 heterocycles. The van der Waals surface area contributed by atoms with Gasteiger partial charge < -0.3 is 10.2 Å². The molecule has 0 radical (unpaired) electrons. The van der Waals surface area contributed by atoms with Crippen molar-refractivity contribution >= 4 is 17.5 Å². The Labute approximate surface area is 166 Å². The molecule has 2 aromatic rings. The van der Waals surface area contributed by atoms with Gasteiger partial charge in [0.15, 0.2) is 0 Å². The van der Waals surface area contributed by atoms with Crippen molar-refractivity contribution in [3.8, 4) is 0 Å². The predicted octanol–water partition coefficient (Wildman–Crippen LogP) is 4.01. The fourth-order valence-electron chi connectivity index (χ4n) is 4.43. The third kappa shape index (κ3) is 3.96. The van der Waals surface area contributed by atoms with E-state index in [9.17, 15) is 9.59 Å². The lowest BCUT2D eigenvalue weighted by Gasteiger charge is -2.30. The smallest absolute Gasteiger partial charge is 0.230 e. The summed E-state index contributed by atoms with van der Waals surface area (Å²) in [5, 5.41) is 3.07. The number of nitrogens with zero attached hydrogens (tertiary/aromatic N) is 1. The average Bonchev–Trinajstić information content (AvgIpc) is 3.17. The Balaban J connectivity index is 1.28. The first-order valence-corrected chi connectivity index (χ1v) is 10.3. The van der Waals surface area contributed by atoms with Crippen LogP contribution in [0.2, 0.25) is 0 Å². The first-order chi connectivity index (χ1) is 13.6. The molecule has 0 atom stereocenters. The second-order valence-corrected chi connectivity index (χ2v) is 8.12. The van der Waals surface area contributed by atoms with Crippen molar-refractivity contribution in [2.45, 2.75) is 45.6 Å². The van der Waals surface area contributed by atoms with E-state index >= 15 is 0 Å². The zero-order chi connectivity index (χ0) is 19.5. The van der Waals surface area contributed by atoms with E-state index in [2.05, 4.69) is 42.6 Å². The minimum Gasteiger partial charge on any atom is -0.352 e. The highest BCUT2D eigenvalue weighted by molar-refractivity contribution is 5.97. The van der Waals surface area contributed by atoms with Crippen molar-refractivity contribution in [3.05, 3.63) is 65.2 Å². The number of hydrogen-bond acceptors (Lipinski definition) is 2. The number of amides is 2. The molecule has 0 unspecified atom stereocenters. The minimum atomic E-state index is 0.0281. The van der Waals surface area contributed by atoms with Gasteiger partial charge in [0.2, 0.25) is 11.8 Å². The van der Waals surface area contributed by atoms with E-state index in [-0.39, 0.29) is 23.7 Å². The molecular formula is C24H28N2O2. The second-order valence-electron chi connectivity index (χ2n) is 8.12. The lowest BCUT2D eigenvalue weighted by Crippen LogP contribution is -2.39. The average molecular weight is 377 g/mol. The van der Waals surface area contributed by atoms with Gasteiger partial charge in [0.05, 0.1) is 0 Å². The van der Waals surface area contributed by atoms with Crippen molar-refractivity contribution < 1.29 is 9.59 Å². The van der Waals surface area contributed by atoms with Crippen LogP contribution in [0.5, 0.6) is 0 Å². The third-order valence-electron chi connectivity index (χ3n) is 6.19. The first-order valence-electron chi connectivity index (χ1n) is 10.3. The number of fused-ring (bicyclic) bond motifs is 1. The van der Waals surface area contributed by atoms with Gasteiger partial charge in [-0.05, 0) is 56.2 Å². The minimum absolute atomic E-state index is 0.0281. The monoisotopic (exact) mass is 376 g/mol. The van der Waals surface area contributed by atoms with Gasteiger partial charge in [-0.3, -0.25) is 9.59 Å². The van der Waals surface area contributed by atoms with Crippen LogP contribution in [0.25, 0.3) is 0 Å². The Hall–Kier alpha value is -2.62. The van der Waals surface area contributed by atoms with Gasteiger partial charge in [-0.25, -0.2) is 0 Å². The fraction of sp³-hybridized carbons (Fsp3) is 0.417. The maximum atomic E-state index is 13.0. The van der Waals surface area contributed by atoms with Crippen LogP contribution in [-0.2, 0) is 22.6 Å². The van der Waals surface area contributed by atoms with Crippen molar-refractivity contribution in [3.63, 3.8) is 0 Å². The summed E-state index contributed by atoms with van der Waals surface area (Å²) in [6.07, 6.45) is 4.15. The molecule has 1 aliphatic carbocycles. The van der Waals surface area contributed by atoms with Crippen LogP contribution in [0.3, 0.4) is 0 Å². The molecule has 1 N–H and O–H groups in total. The van der Waals surface area contributed by atoms with Crippen LogP contribution in [0.1, 0.15) is 42.4 Å². The zero-order valence-electron chi connectivity index (χ0n) is 16.5. The van der Waals surface area contributed by atoms with Gasteiger partial charge in [0.1, 0.15) is 0 Å². The topological polar surface area (TPSA) is 49.4 Å². The number of anilines is 1. The van der Waals surface area contributed by atoms with Gasteiger partial charge in [-0.2, -0.15) is 0 Å². The largest absolute Gasteiger partial charge is 0.352 e. The van der Waals surface area contributed by atoms with E-state index in [0.717, 1.165) is 49.9 Å². The molecular weight excluding hydrogens is 348 g/mol. The van der Waals surface area contributed by atoms with Crippen LogP contribution in [0.4, 0.5) is 5.69 Å². The number of aryl methyl sites for hydroxylation is 1. The Morgan fingerprint density at radius 1 is 0.964 bits per heavy atom. The highest BCUT2D eigenvalue weighted by Crippen LogP contribution is 2.34. The van der Waals surface area contributed by atoms with E-state index in [1.807, 2.05) is 23.1 Å². The maximum Gasteiger partial charge on any atom is 0.230 e. The highest BCUT2D eigenvalue weighted by Gasteiger charge is 2.34. The summed E-state index contributed by atoms with van der Waals surface area (Å²) >= 11 is 0. The molecule has 1 aliphatic heterocycles. The molecule has 4 nitrogen and oxygen atoms in total. The molecule has 1 saturated carbocycles. The van der Waals surface area contributed by atoms with Crippen LogP contribution in [-0.4, -0.2) is 18.4 Å². The van der Waals surface area contributed by atoms with E-state index in [4.69, 9.17) is 0 Å². The molecule has 4 heteroatoms. The van der Waals surface area contributed by atoms with Gasteiger partial charge in [-0.1, -0.05) is 48.0 Å². The molecule has 2 aromatic carbocycles. The maximum absolute atomic E-state index is 13.0. The summed E-state index contributed by atoms with van der Waals surface area (Å²) in [6.45, 7) is 3.42. The number of para-hydroxylation sites is 1. The van der Waals surface area contributed by atoms with Gasteiger partial charge in [0.25, 0.3) is 0 Å². The van der Waals surface area contributed by atoms with E-state index in [1.165, 1.54) is 11.1 Å². The Morgan fingerprint density at radius 2 is 1.64 bits per heavy atom. The van der Waals surface area contributed by atoms with Crippen LogP contribution < -0.4 is 10.2 Å².